The maximum Gasteiger partial charge on any atom is 0.253 e. The molecule has 1 saturated heterocycles. The van der Waals surface area contributed by atoms with Crippen LogP contribution in [0.4, 0.5) is 4.39 Å². The van der Waals surface area contributed by atoms with Crippen molar-refractivity contribution in [1.82, 2.24) is 4.90 Å². The largest absolute Gasteiger partial charge is 0.339 e. The third-order valence-electron chi connectivity index (χ3n) is 4.14. The van der Waals surface area contributed by atoms with Crippen molar-refractivity contribution in [2.75, 3.05) is 13.1 Å². The van der Waals surface area contributed by atoms with Gasteiger partial charge in [-0.05, 0) is 48.2 Å². The molecular formula is C19H19ClFNOS. The standard InChI is InChI=1S/C19H19ClFNOS/c20-18-11-17(21)8-7-16(18)13-24-12-14-3-5-15(6-4-14)19(23)22-9-1-2-10-22/h3-8,11H,1-2,9-10,12-13H2. The Bertz CT molecular complexity index is 714. The van der Waals surface area contributed by atoms with Crippen LogP contribution < -0.4 is 0 Å². The fourth-order valence-electron chi connectivity index (χ4n) is 2.76. The third kappa shape index (κ3) is 4.31. The van der Waals surface area contributed by atoms with E-state index < -0.39 is 0 Å². The van der Waals surface area contributed by atoms with Crippen LogP contribution in [0.25, 0.3) is 0 Å². The van der Waals surface area contributed by atoms with Gasteiger partial charge in [-0.25, -0.2) is 4.39 Å². The summed E-state index contributed by atoms with van der Waals surface area (Å²) in [6.45, 7) is 1.74. The summed E-state index contributed by atoms with van der Waals surface area (Å²) in [5.41, 5.74) is 2.85. The van der Waals surface area contributed by atoms with E-state index in [1.165, 1.54) is 12.1 Å². The molecule has 0 unspecified atom stereocenters. The lowest BCUT2D eigenvalue weighted by molar-refractivity contribution is 0.0793. The molecule has 1 fully saturated rings. The number of nitrogens with zero attached hydrogens (tertiary/aromatic N) is 1. The molecule has 1 aliphatic heterocycles. The van der Waals surface area contributed by atoms with Gasteiger partial charge in [0, 0.05) is 35.2 Å². The number of thioether (sulfide) groups is 1. The first-order chi connectivity index (χ1) is 11.6. The number of hydrogen-bond acceptors (Lipinski definition) is 2. The zero-order valence-electron chi connectivity index (χ0n) is 13.3. The summed E-state index contributed by atoms with van der Waals surface area (Å²) in [5.74, 6) is 1.37. The molecule has 2 aromatic carbocycles. The molecule has 1 heterocycles. The highest BCUT2D eigenvalue weighted by molar-refractivity contribution is 7.97. The Morgan fingerprint density at radius 1 is 1.08 bits per heavy atom. The summed E-state index contributed by atoms with van der Waals surface area (Å²) in [6.07, 6.45) is 2.21. The van der Waals surface area contributed by atoms with Gasteiger partial charge < -0.3 is 4.90 Å². The van der Waals surface area contributed by atoms with Crippen LogP contribution in [0.1, 0.15) is 34.3 Å². The van der Waals surface area contributed by atoms with E-state index in [2.05, 4.69) is 0 Å². The number of likely N-dealkylation sites (tertiary alicyclic amines) is 1. The molecule has 1 aliphatic rings. The fourth-order valence-corrected chi connectivity index (χ4v) is 4.08. The summed E-state index contributed by atoms with van der Waals surface area (Å²) in [4.78, 5) is 14.2. The number of carbonyl (C=O) groups excluding carboxylic acids is 1. The second-order valence-corrected chi connectivity index (χ2v) is 7.32. The average Bonchev–Trinajstić information content (AvgIpc) is 3.11. The lowest BCUT2D eigenvalue weighted by Gasteiger charge is -2.15. The molecule has 24 heavy (non-hydrogen) atoms. The van der Waals surface area contributed by atoms with Crippen LogP contribution >= 0.6 is 23.4 Å². The maximum atomic E-state index is 13.0. The number of hydrogen-bond donors (Lipinski definition) is 0. The predicted molar refractivity (Wildman–Crippen MR) is 98.0 cm³/mol. The number of benzene rings is 2. The normalized spacial score (nSPS) is 14.2. The molecule has 0 spiro atoms. The van der Waals surface area contributed by atoms with E-state index in [-0.39, 0.29) is 11.7 Å². The van der Waals surface area contributed by atoms with Gasteiger partial charge in [0.05, 0.1) is 0 Å². The third-order valence-corrected chi connectivity index (χ3v) is 5.54. The molecule has 2 nitrogen and oxygen atoms in total. The van der Waals surface area contributed by atoms with E-state index in [0.29, 0.717) is 5.02 Å². The van der Waals surface area contributed by atoms with E-state index in [1.54, 1.807) is 17.8 Å². The smallest absolute Gasteiger partial charge is 0.253 e. The molecule has 3 rings (SSSR count). The molecule has 0 bridgehead atoms. The van der Waals surface area contributed by atoms with Gasteiger partial charge in [0.1, 0.15) is 5.82 Å². The Morgan fingerprint density at radius 2 is 1.79 bits per heavy atom. The highest BCUT2D eigenvalue weighted by Gasteiger charge is 2.19. The van der Waals surface area contributed by atoms with Crippen LogP contribution in [0.3, 0.4) is 0 Å². The SMILES string of the molecule is O=C(c1ccc(CSCc2ccc(F)cc2Cl)cc1)N1CCCC1. The molecule has 5 heteroatoms. The molecule has 0 radical (unpaired) electrons. The Labute approximate surface area is 151 Å². The zero-order chi connectivity index (χ0) is 16.9. The number of halogens is 2. The van der Waals surface area contributed by atoms with Gasteiger partial charge in [-0.15, -0.1) is 0 Å². The van der Waals surface area contributed by atoms with Crippen molar-refractivity contribution in [3.63, 3.8) is 0 Å². The minimum absolute atomic E-state index is 0.129. The minimum atomic E-state index is -0.313. The van der Waals surface area contributed by atoms with Gasteiger partial charge >= 0.3 is 0 Å². The monoisotopic (exact) mass is 363 g/mol. The van der Waals surface area contributed by atoms with Crippen LogP contribution in [-0.2, 0) is 11.5 Å². The van der Waals surface area contributed by atoms with Gasteiger partial charge in [-0.1, -0.05) is 29.8 Å². The Kier molecular flexibility index (Phi) is 5.80. The van der Waals surface area contributed by atoms with Crippen molar-refractivity contribution in [2.24, 2.45) is 0 Å². The molecule has 1 amide bonds. The predicted octanol–water partition coefficient (Wildman–Crippen LogP) is 5.15. The van der Waals surface area contributed by atoms with Gasteiger partial charge in [0.15, 0.2) is 0 Å². The first-order valence-electron chi connectivity index (χ1n) is 8.03. The Morgan fingerprint density at radius 3 is 2.46 bits per heavy atom. The summed E-state index contributed by atoms with van der Waals surface area (Å²) < 4.78 is 13.0. The van der Waals surface area contributed by atoms with Crippen LogP contribution in [0, 0.1) is 5.82 Å². The molecule has 126 valence electrons. The van der Waals surface area contributed by atoms with E-state index in [9.17, 15) is 9.18 Å². The Balaban J connectivity index is 1.53. The number of amides is 1. The highest BCUT2D eigenvalue weighted by atomic mass is 35.5. The quantitative estimate of drug-likeness (QED) is 0.732. The maximum absolute atomic E-state index is 13.0. The van der Waals surface area contributed by atoms with Crippen molar-refractivity contribution in [2.45, 2.75) is 24.3 Å². The summed E-state index contributed by atoms with van der Waals surface area (Å²) >= 11 is 7.75. The molecule has 0 saturated carbocycles. The fraction of sp³-hybridized carbons (Fsp3) is 0.316. The Hall–Kier alpha value is -1.52. The number of carbonyl (C=O) groups is 1. The molecule has 0 atom stereocenters. The molecule has 0 N–H and O–H groups in total. The first kappa shape index (κ1) is 17.3. The number of rotatable bonds is 5. The molecule has 0 aromatic heterocycles. The van der Waals surface area contributed by atoms with Gasteiger partial charge in [-0.3, -0.25) is 4.79 Å². The van der Waals surface area contributed by atoms with Crippen molar-refractivity contribution < 1.29 is 9.18 Å². The van der Waals surface area contributed by atoms with Crippen LogP contribution in [-0.4, -0.2) is 23.9 Å². The van der Waals surface area contributed by atoms with Crippen molar-refractivity contribution in [1.29, 1.82) is 0 Å². The average molecular weight is 364 g/mol. The van der Waals surface area contributed by atoms with E-state index in [0.717, 1.165) is 54.1 Å². The van der Waals surface area contributed by atoms with Gasteiger partial charge in [0.2, 0.25) is 0 Å². The minimum Gasteiger partial charge on any atom is -0.339 e. The van der Waals surface area contributed by atoms with Gasteiger partial charge in [-0.2, -0.15) is 11.8 Å². The second kappa shape index (κ2) is 8.04. The summed E-state index contributed by atoms with van der Waals surface area (Å²) in [5, 5.41) is 0.467. The highest BCUT2D eigenvalue weighted by Crippen LogP contribution is 2.24. The van der Waals surface area contributed by atoms with E-state index >= 15 is 0 Å². The lowest BCUT2D eigenvalue weighted by atomic mass is 10.1. The molecule has 2 aromatic rings. The summed E-state index contributed by atoms with van der Waals surface area (Å²) in [7, 11) is 0. The zero-order valence-corrected chi connectivity index (χ0v) is 14.9. The first-order valence-corrected chi connectivity index (χ1v) is 9.56. The summed E-state index contributed by atoms with van der Waals surface area (Å²) in [6, 6.07) is 12.3. The van der Waals surface area contributed by atoms with Gasteiger partial charge in [0.25, 0.3) is 5.91 Å². The van der Waals surface area contributed by atoms with Crippen LogP contribution in [0.15, 0.2) is 42.5 Å². The van der Waals surface area contributed by atoms with Crippen LogP contribution in [0.5, 0.6) is 0 Å². The topological polar surface area (TPSA) is 20.3 Å². The second-order valence-electron chi connectivity index (χ2n) is 5.92. The van der Waals surface area contributed by atoms with E-state index in [1.807, 2.05) is 29.2 Å². The van der Waals surface area contributed by atoms with E-state index in [4.69, 9.17) is 11.6 Å². The molecular weight excluding hydrogens is 345 g/mol. The molecule has 0 aliphatic carbocycles. The van der Waals surface area contributed by atoms with Crippen molar-refractivity contribution >= 4 is 29.3 Å². The van der Waals surface area contributed by atoms with Crippen molar-refractivity contribution in [3.8, 4) is 0 Å². The van der Waals surface area contributed by atoms with Crippen LogP contribution in [0.2, 0.25) is 5.02 Å². The lowest BCUT2D eigenvalue weighted by Crippen LogP contribution is -2.27. The van der Waals surface area contributed by atoms with Crippen molar-refractivity contribution in [3.05, 3.63) is 70.0 Å².